The molecule has 2 saturated heterocycles. The van der Waals surface area contributed by atoms with Gasteiger partial charge in [-0.25, -0.2) is 15.0 Å². The summed E-state index contributed by atoms with van der Waals surface area (Å²) in [6.07, 6.45) is 5.24. The molecule has 1 atom stereocenters. The zero-order chi connectivity index (χ0) is 21.7. The van der Waals surface area contributed by atoms with Gasteiger partial charge in [-0.15, -0.1) is 11.3 Å². The van der Waals surface area contributed by atoms with Crippen LogP contribution in [-0.2, 0) is 21.6 Å². The summed E-state index contributed by atoms with van der Waals surface area (Å²) in [5.41, 5.74) is 3.85. The molecule has 0 amide bonds. The number of ether oxygens (including phenoxy) is 2. The molecule has 0 unspecified atom stereocenters. The minimum Gasteiger partial charge on any atom is -0.378 e. The number of anilines is 2. The van der Waals surface area contributed by atoms with Crippen LogP contribution in [0.4, 0.5) is 11.6 Å². The zero-order valence-corrected chi connectivity index (χ0v) is 20.3. The van der Waals surface area contributed by atoms with Gasteiger partial charge < -0.3 is 19.7 Å². The van der Waals surface area contributed by atoms with E-state index in [9.17, 15) is 0 Å². The summed E-state index contributed by atoms with van der Waals surface area (Å²) in [5, 5.41) is 4.77. The molecule has 3 aliphatic heterocycles. The van der Waals surface area contributed by atoms with Crippen LogP contribution in [-0.4, -0.2) is 65.3 Å². The lowest BCUT2D eigenvalue weighted by Gasteiger charge is -2.35. The van der Waals surface area contributed by atoms with Crippen LogP contribution in [0, 0.1) is 0 Å². The third-order valence-corrected chi connectivity index (χ3v) is 9.08. The van der Waals surface area contributed by atoms with Gasteiger partial charge in [-0.2, -0.15) is 11.8 Å². The quantitative estimate of drug-likeness (QED) is 0.606. The van der Waals surface area contributed by atoms with E-state index in [4.69, 9.17) is 19.4 Å². The Bertz CT molecular complexity index is 1150. The molecular formula is C23H29N5O2S2. The number of hydrogen-bond donors (Lipinski definition) is 1. The topological polar surface area (TPSA) is 72.4 Å². The molecule has 0 aromatic carbocycles. The summed E-state index contributed by atoms with van der Waals surface area (Å²) in [7, 11) is 0. The van der Waals surface area contributed by atoms with E-state index in [-0.39, 0.29) is 10.9 Å². The molecule has 0 spiro atoms. The average molecular weight is 472 g/mol. The number of rotatable bonds is 4. The maximum Gasteiger partial charge on any atom is 0.147 e. The van der Waals surface area contributed by atoms with Crippen LogP contribution in [0.5, 0.6) is 0 Å². The van der Waals surface area contributed by atoms with Crippen molar-refractivity contribution in [2.45, 2.75) is 49.7 Å². The fraction of sp³-hybridized carbons (Fsp3) is 0.609. The van der Waals surface area contributed by atoms with Gasteiger partial charge in [-0.05, 0) is 24.8 Å². The van der Waals surface area contributed by atoms with E-state index >= 15 is 0 Å². The second-order valence-electron chi connectivity index (χ2n) is 9.42. The van der Waals surface area contributed by atoms with Crippen molar-refractivity contribution in [2.24, 2.45) is 0 Å². The Labute approximate surface area is 196 Å². The van der Waals surface area contributed by atoms with Crippen molar-refractivity contribution in [3.8, 4) is 0 Å². The van der Waals surface area contributed by atoms with Crippen molar-refractivity contribution in [1.82, 2.24) is 15.0 Å². The lowest BCUT2D eigenvalue weighted by molar-refractivity contribution is 0.120. The molecule has 9 heteroatoms. The van der Waals surface area contributed by atoms with Crippen molar-refractivity contribution in [3.05, 3.63) is 17.5 Å². The zero-order valence-electron chi connectivity index (χ0n) is 18.6. The summed E-state index contributed by atoms with van der Waals surface area (Å²) in [6.45, 7) is 9.68. The van der Waals surface area contributed by atoms with E-state index in [1.165, 1.54) is 16.5 Å². The molecule has 0 aliphatic carbocycles. The molecular weight excluding hydrogens is 442 g/mol. The fourth-order valence-electron chi connectivity index (χ4n) is 4.97. The summed E-state index contributed by atoms with van der Waals surface area (Å²) in [4.78, 5) is 18.1. The maximum atomic E-state index is 5.79. The number of pyridine rings is 1. The highest BCUT2D eigenvalue weighted by molar-refractivity contribution is 7.99. The number of nitrogens with one attached hydrogen (secondary N) is 1. The van der Waals surface area contributed by atoms with Crippen molar-refractivity contribution in [2.75, 3.05) is 49.7 Å². The number of hydrogen-bond acceptors (Lipinski definition) is 9. The van der Waals surface area contributed by atoms with Gasteiger partial charge in [-0.3, -0.25) is 0 Å². The van der Waals surface area contributed by atoms with E-state index in [2.05, 4.69) is 29.0 Å². The third kappa shape index (κ3) is 3.73. The minimum atomic E-state index is 0.200. The van der Waals surface area contributed by atoms with Crippen LogP contribution in [0.3, 0.4) is 0 Å². The predicted octanol–water partition coefficient (Wildman–Crippen LogP) is 4.23. The number of aromatic nitrogens is 3. The van der Waals surface area contributed by atoms with Crippen molar-refractivity contribution < 1.29 is 9.47 Å². The van der Waals surface area contributed by atoms with Gasteiger partial charge >= 0.3 is 0 Å². The van der Waals surface area contributed by atoms with Crippen molar-refractivity contribution in [3.63, 3.8) is 0 Å². The summed E-state index contributed by atoms with van der Waals surface area (Å²) in [6, 6.07) is 0. The predicted molar refractivity (Wildman–Crippen MR) is 132 cm³/mol. The summed E-state index contributed by atoms with van der Waals surface area (Å²) >= 11 is 3.75. The number of thioether (sulfide) groups is 1. The first kappa shape index (κ1) is 20.9. The Morgan fingerprint density at radius 1 is 1.19 bits per heavy atom. The van der Waals surface area contributed by atoms with Gasteiger partial charge in [0.1, 0.15) is 22.8 Å². The van der Waals surface area contributed by atoms with E-state index in [0.717, 1.165) is 91.2 Å². The van der Waals surface area contributed by atoms with Gasteiger partial charge in [-0.1, -0.05) is 13.8 Å². The fourth-order valence-corrected chi connectivity index (χ4v) is 7.17. The molecule has 1 N–H and O–H groups in total. The Morgan fingerprint density at radius 3 is 2.88 bits per heavy atom. The number of fused-ring (bicyclic) bond motifs is 5. The largest absolute Gasteiger partial charge is 0.378 e. The smallest absolute Gasteiger partial charge is 0.147 e. The van der Waals surface area contributed by atoms with E-state index in [1.807, 2.05) is 11.8 Å². The molecule has 3 aliphatic rings. The second-order valence-corrected chi connectivity index (χ2v) is 12.1. The number of nitrogens with zero attached hydrogens (tertiary/aromatic N) is 4. The monoisotopic (exact) mass is 471 g/mol. The second kappa shape index (κ2) is 8.27. The minimum absolute atomic E-state index is 0.200. The molecule has 32 heavy (non-hydrogen) atoms. The van der Waals surface area contributed by atoms with Crippen LogP contribution >= 0.6 is 23.1 Å². The van der Waals surface area contributed by atoms with Crippen LogP contribution in [0.15, 0.2) is 6.33 Å². The van der Waals surface area contributed by atoms with Crippen LogP contribution in [0.2, 0.25) is 0 Å². The Balaban J connectivity index is 1.49. The van der Waals surface area contributed by atoms with E-state index in [1.54, 1.807) is 17.7 Å². The van der Waals surface area contributed by atoms with Crippen molar-refractivity contribution >= 4 is 55.2 Å². The van der Waals surface area contributed by atoms with Crippen LogP contribution in [0.1, 0.15) is 37.8 Å². The van der Waals surface area contributed by atoms with Gasteiger partial charge in [0.15, 0.2) is 0 Å². The van der Waals surface area contributed by atoms with Crippen LogP contribution in [0.25, 0.3) is 20.4 Å². The molecule has 6 heterocycles. The van der Waals surface area contributed by atoms with Crippen LogP contribution < -0.4 is 10.2 Å². The number of morpholine rings is 1. The Morgan fingerprint density at radius 2 is 2.06 bits per heavy atom. The highest BCUT2D eigenvalue weighted by atomic mass is 32.2. The first-order valence-corrected chi connectivity index (χ1v) is 13.3. The first-order chi connectivity index (χ1) is 15.6. The molecule has 0 bridgehead atoms. The maximum absolute atomic E-state index is 5.79. The molecule has 3 aromatic rings. The normalized spacial score (nSPS) is 23.1. The first-order valence-electron chi connectivity index (χ1n) is 11.5. The standard InChI is InChI=1S/C23H29N5O2S2/c1-23(2)10-15-16(12-31-23)21(28-5-8-29-9-6-28)27-22-17(15)18-19(32-22)20(26-13-25-18)24-11-14-4-3-7-30-14/h13-14H,3-12H2,1-2H3,(H,24,25,26)/t14-/m1/s1. The van der Waals surface area contributed by atoms with E-state index < -0.39 is 0 Å². The lowest BCUT2D eigenvalue weighted by atomic mass is 9.94. The number of thiophene rings is 1. The Kier molecular flexibility index (Phi) is 5.40. The Hall–Kier alpha value is -1.68. The van der Waals surface area contributed by atoms with Gasteiger partial charge in [0, 0.05) is 47.7 Å². The lowest BCUT2D eigenvalue weighted by Crippen LogP contribution is -2.38. The molecule has 2 fully saturated rings. The molecule has 7 nitrogen and oxygen atoms in total. The molecule has 3 aromatic heterocycles. The van der Waals surface area contributed by atoms with E-state index in [0.29, 0.717) is 0 Å². The van der Waals surface area contributed by atoms with Gasteiger partial charge in [0.05, 0.1) is 29.5 Å². The molecule has 0 radical (unpaired) electrons. The summed E-state index contributed by atoms with van der Waals surface area (Å²) in [5.74, 6) is 3.04. The molecule has 0 saturated carbocycles. The third-order valence-electron chi connectivity index (χ3n) is 6.64. The SMILES string of the molecule is CC1(C)Cc2c(c(N3CCOCC3)nc3sc4c(NC[C@H]5CCCO5)ncnc4c23)CS1. The highest BCUT2D eigenvalue weighted by Crippen LogP contribution is 2.47. The van der Waals surface area contributed by atoms with Gasteiger partial charge in [0.25, 0.3) is 0 Å². The highest BCUT2D eigenvalue weighted by Gasteiger charge is 2.33. The summed E-state index contributed by atoms with van der Waals surface area (Å²) < 4.78 is 12.7. The molecule has 170 valence electrons. The van der Waals surface area contributed by atoms with Crippen molar-refractivity contribution in [1.29, 1.82) is 0 Å². The average Bonchev–Trinajstić information content (AvgIpc) is 3.45. The van der Waals surface area contributed by atoms with Gasteiger partial charge in [0.2, 0.25) is 0 Å². The molecule has 6 rings (SSSR count).